The van der Waals surface area contributed by atoms with Gasteiger partial charge >= 0.3 is 0 Å². The predicted octanol–water partition coefficient (Wildman–Crippen LogP) is 0.322. The summed E-state index contributed by atoms with van der Waals surface area (Å²) in [5.41, 5.74) is 0.504. The van der Waals surface area contributed by atoms with E-state index in [1.54, 1.807) is 28.9 Å². The first kappa shape index (κ1) is 13.2. The van der Waals surface area contributed by atoms with Gasteiger partial charge < -0.3 is 14.7 Å². The van der Waals surface area contributed by atoms with Gasteiger partial charge in [-0.2, -0.15) is 0 Å². The quantitative estimate of drug-likeness (QED) is 0.671. The Balaban J connectivity index is 2.16. The second kappa shape index (κ2) is 6.11. The molecule has 0 bridgehead atoms. The summed E-state index contributed by atoms with van der Waals surface area (Å²) in [4.78, 5) is 11.9. The van der Waals surface area contributed by atoms with E-state index in [-0.39, 0.29) is 19.1 Å². The number of carbonyl (C=O) groups excluding carboxylic acids is 1. The first-order valence-corrected chi connectivity index (χ1v) is 6.82. The summed E-state index contributed by atoms with van der Waals surface area (Å²) in [5.74, 6) is 0.345. The van der Waals surface area contributed by atoms with Gasteiger partial charge in [-0.3, -0.25) is 9.88 Å². The number of fused-ring (bicyclic) bond motifs is 1. The normalized spacial score (nSPS) is 18.2. The molecule has 0 aromatic heterocycles. The number of benzene rings is 1. The minimum atomic E-state index is -1.36. The van der Waals surface area contributed by atoms with Crippen molar-refractivity contribution >= 4 is 14.4 Å². The Morgan fingerprint density at radius 2 is 1.89 bits per heavy atom. The molecule has 7 heteroatoms. The number of nitrogens with one attached hydrogen (secondary N) is 1. The second-order valence-electron chi connectivity index (χ2n) is 3.70. The average molecular weight is 270 g/mol. The molecule has 3 N–H and O–H groups in total. The van der Waals surface area contributed by atoms with Crippen molar-refractivity contribution in [3.63, 3.8) is 0 Å². The summed E-state index contributed by atoms with van der Waals surface area (Å²) in [6.07, 6.45) is 0. The van der Waals surface area contributed by atoms with Crippen LogP contribution in [0, 0.1) is 0 Å². The number of rotatable bonds is 5. The van der Waals surface area contributed by atoms with Gasteiger partial charge in [0.1, 0.15) is 5.75 Å². The molecule has 1 aromatic rings. The molecule has 18 heavy (non-hydrogen) atoms. The van der Waals surface area contributed by atoms with Crippen molar-refractivity contribution in [2.45, 2.75) is 0 Å². The topological polar surface area (TPSA) is 82.0 Å². The first-order valence-electron chi connectivity index (χ1n) is 5.61. The van der Waals surface area contributed by atoms with Crippen LogP contribution in [-0.2, 0) is 0 Å². The van der Waals surface area contributed by atoms with Gasteiger partial charge in [0.05, 0.1) is 18.8 Å². The highest BCUT2D eigenvalue weighted by molar-refractivity contribution is 7.49. The van der Waals surface area contributed by atoms with Crippen LogP contribution in [-0.4, -0.2) is 47.1 Å². The van der Waals surface area contributed by atoms with E-state index < -0.39 is 8.45 Å². The molecule has 0 spiro atoms. The van der Waals surface area contributed by atoms with Crippen LogP contribution in [0.2, 0.25) is 0 Å². The number of nitrogens with zero attached hydrogens (tertiary/aromatic N) is 1. The lowest BCUT2D eigenvalue weighted by Gasteiger charge is -2.32. The van der Waals surface area contributed by atoms with Crippen LogP contribution in [0.15, 0.2) is 24.3 Å². The maximum atomic E-state index is 11.9. The van der Waals surface area contributed by atoms with Crippen LogP contribution in [0.4, 0.5) is 0 Å². The van der Waals surface area contributed by atoms with Crippen LogP contribution < -0.4 is 9.61 Å². The van der Waals surface area contributed by atoms with E-state index in [4.69, 9.17) is 14.7 Å². The molecule has 98 valence electrons. The number of amides is 1. The van der Waals surface area contributed by atoms with E-state index in [0.29, 0.717) is 24.4 Å². The zero-order valence-corrected chi connectivity index (χ0v) is 10.6. The number of aliphatic hydroxyl groups excluding tert-OH is 2. The van der Waals surface area contributed by atoms with E-state index >= 15 is 0 Å². The summed E-state index contributed by atoms with van der Waals surface area (Å²) in [6.45, 7) is 0.572. The summed E-state index contributed by atoms with van der Waals surface area (Å²) < 4.78 is 7.43. The highest BCUT2D eigenvalue weighted by atomic mass is 31.2. The fraction of sp³-hybridized carbons (Fsp3) is 0.364. The molecular formula is C11H15N2O4P. The van der Waals surface area contributed by atoms with Gasteiger partial charge in [-0.05, 0) is 12.1 Å². The lowest BCUT2D eigenvalue weighted by atomic mass is 10.2. The summed E-state index contributed by atoms with van der Waals surface area (Å²) in [5, 5.41) is 20.7. The predicted molar refractivity (Wildman–Crippen MR) is 67.2 cm³/mol. The van der Waals surface area contributed by atoms with Crippen molar-refractivity contribution < 1.29 is 19.5 Å². The number of para-hydroxylation sites is 1. The highest BCUT2D eigenvalue weighted by Gasteiger charge is 2.30. The fourth-order valence-electron chi connectivity index (χ4n) is 1.65. The number of carbonyl (C=O) groups is 1. The Morgan fingerprint density at radius 1 is 1.22 bits per heavy atom. The molecule has 1 aromatic carbocycles. The molecular weight excluding hydrogens is 255 g/mol. The number of hydrogen-bond donors (Lipinski definition) is 3. The monoisotopic (exact) mass is 270 g/mol. The largest absolute Gasteiger partial charge is 0.440 e. The Kier molecular flexibility index (Phi) is 4.49. The third-order valence-electron chi connectivity index (χ3n) is 2.49. The van der Waals surface area contributed by atoms with Crippen molar-refractivity contribution in [2.75, 3.05) is 26.3 Å². The second-order valence-corrected chi connectivity index (χ2v) is 5.22. The Hall–Kier alpha value is -1.20. The standard InChI is InChI=1S/C11H15N2O4P/c14-7-5-13(6-8-15)18-12-11(16)9-3-1-2-4-10(9)17-18/h1-4,14-15H,5-8H2,(H,12,16). The van der Waals surface area contributed by atoms with Crippen LogP contribution in [0.3, 0.4) is 0 Å². The maximum Gasteiger partial charge on any atom is 0.278 e. The van der Waals surface area contributed by atoms with E-state index in [0.717, 1.165) is 0 Å². The van der Waals surface area contributed by atoms with Gasteiger partial charge in [0, 0.05) is 13.1 Å². The molecule has 2 rings (SSSR count). The zero-order valence-electron chi connectivity index (χ0n) is 9.74. The summed E-state index contributed by atoms with van der Waals surface area (Å²) in [6, 6.07) is 7.00. The lowest BCUT2D eigenvalue weighted by molar-refractivity contribution is 0.0966. The molecule has 0 aliphatic carbocycles. The van der Waals surface area contributed by atoms with Crippen LogP contribution in [0.1, 0.15) is 10.4 Å². The van der Waals surface area contributed by atoms with Gasteiger partial charge in [-0.15, -0.1) is 0 Å². The van der Waals surface area contributed by atoms with Gasteiger partial charge in [0.25, 0.3) is 14.4 Å². The molecule has 0 saturated carbocycles. The number of hydrogen-bond acceptors (Lipinski definition) is 5. The Labute approximate surface area is 106 Å². The lowest BCUT2D eigenvalue weighted by Crippen LogP contribution is -2.37. The fourth-order valence-corrected chi connectivity index (χ4v) is 3.13. The zero-order chi connectivity index (χ0) is 13.0. The molecule has 1 unspecified atom stereocenters. The van der Waals surface area contributed by atoms with Gasteiger partial charge in [-0.25, -0.2) is 4.67 Å². The first-order chi connectivity index (χ1) is 8.76. The van der Waals surface area contributed by atoms with Gasteiger partial charge in [0.2, 0.25) is 0 Å². The van der Waals surface area contributed by atoms with E-state index in [1.165, 1.54) is 0 Å². The third-order valence-corrected chi connectivity index (χ3v) is 4.16. The van der Waals surface area contributed by atoms with Crippen LogP contribution in [0.5, 0.6) is 5.75 Å². The molecule has 1 aliphatic heterocycles. The average Bonchev–Trinajstić information content (AvgIpc) is 2.38. The summed E-state index contributed by atoms with van der Waals surface area (Å²) in [7, 11) is -1.36. The molecule has 6 nitrogen and oxygen atoms in total. The SMILES string of the molecule is O=C1NP(N(CCO)CCO)Oc2ccccc21. The van der Waals surface area contributed by atoms with Gasteiger partial charge in [0.15, 0.2) is 0 Å². The van der Waals surface area contributed by atoms with Crippen molar-refractivity contribution in [1.82, 2.24) is 9.76 Å². The minimum absolute atomic E-state index is 0.0558. The smallest absolute Gasteiger partial charge is 0.278 e. The molecule has 1 amide bonds. The number of aliphatic hydroxyl groups is 2. The molecule has 1 atom stereocenters. The van der Waals surface area contributed by atoms with E-state index in [2.05, 4.69) is 5.09 Å². The molecule has 1 aliphatic rings. The van der Waals surface area contributed by atoms with Crippen LogP contribution in [0.25, 0.3) is 0 Å². The van der Waals surface area contributed by atoms with Crippen LogP contribution >= 0.6 is 8.45 Å². The Bertz CT molecular complexity index is 423. The minimum Gasteiger partial charge on any atom is -0.440 e. The van der Waals surface area contributed by atoms with E-state index in [9.17, 15) is 4.79 Å². The van der Waals surface area contributed by atoms with Gasteiger partial charge in [-0.1, -0.05) is 12.1 Å². The highest BCUT2D eigenvalue weighted by Crippen LogP contribution is 2.43. The van der Waals surface area contributed by atoms with E-state index in [1.807, 2.05) is 0 Å². The van der Waals surface area contributed by atoms with Crippen molar-refractivity contribution in [3.8, 4) is 5.75 Å². The van der Waals surface area contributed by atoms with Crippen molar-refractivity contribution in [1.29, 1.82) is 0 Å². The Morgan fingerprint density at radius 3 is 2.56 bits per heavy atom. The third kappa shape index (κ3) is 2.79. The molecule has 0 saturated heterocycles. The molecule has 0 radical (unpaired) electrons. The molecule has 0 fully saturated rings. The maximum absolute atomic E-state index is 11.9. The molecule has 1 heterocycles. The van der Waals surface area contributed by atoms with Crippen molar-refractivity contribution in [3.05, 3.63) is 29.8 Å². The van der Waals surface area contributed by atoms with Crippen molar-refractivity contribution in [2.24, 2.45) is 0 Å². The summed E-state index contributed by atoms with van der Waals surface area (Å²) >= 11 is 0.